The topological polar surface area (TPSA) is 56.7 Å². The zero-order valence-corrected chi connectivity index (χ0v) is 11.8. The summed E-state index contributed by atoms with van der Waals surface area (Å²) in [6.07, 6.45) is 5.08. The SMILES string of the molecule is CN(CC1(N(C)C)CCC1)c1cccnc1C(=O)O. The van der Waals surface area contributed by atoms with Crippen LogP contribution in [0.4, 0.5) is 5.69 Å². The molecule has 0 atom stereocenters. The molecule has 0 aromatic carbocycles. The third kappa shape index (κ3) is 2.56. The highest BCUT2D eigenvalue weighted by Gasteiger charge is 2.40. The van der Waals surface area contributed by atoms with Crippen molar-refractivity contribution in [3.63, 3.8) is 0 Å². The predicted octanol–water partition coefficient (Wildman–Crippen LogP) is 1.70. The van der Waals surface area contributed by atoms with Gasteiger partial charge in [-0.15, -0.1) is 0 Å². The Labute approximate surface area is 113 Å². The van der Waals surface area contributed by atoms with Gasteiger partial charge in [0.1, 0.15) is 0 Å². The molecule has 104 valence electrons. The second-order valence-electron chi connectivity index (χ2n) is 5.50. The molecule has 2 rings (SSSR count). The second-order valence-corrected chi connectivity index (χ2v) is 5.50. The van der Waals surface area contributed by atoms with E-state index in [0.29, 0.717) is 5.69 Å². The van der Waals surface area contributed by atoms with Gasteiger partial charge in [-0.2, -0.15) is 0 Å². The molecule has 1 aromatic heterocycles. The number of hydrogen-bond acceptors (Lipinski definition) is 4. The third-order valence-corrected chi connectivity index (χ3v) is 4.16. The molecule has 19 heavy (non-hydrogen) atoms. The average molecular weight is 263 g/mol. The lowest BCUT2D eigenvalue weighted by molar-refractivity contribution is 0.0667. The first-order valence-corrected chi connectivity index (χ1v) is 6.53. The van der Waals surface area contributed by atoms with Crippen molar-refractivity contribution in [1.82, 2.24) is 9.88 Å². The third-order valence-electron chi connectivity index (χ3n) is 4.16. The fraction of sp³-hybridized carbons (Fsp3) is 0.571. The van der Waals surface area contributed by atoms with Crippen molar-refractivity contribution in [3.8, 4) is 0 Å². The fourth-order valence-corrected chi connectivity index (χ4v) is 2.73. The number of carbonyl (C=O) groups is 1. The van der Waals surface area contributed by atoms with Gasteiger partial charge in [-0.3, -0.25) is 0 Å². The Hall–Kier alpha value is -1.62. The van der Waals surface area contributed by atoms with Crippen molar-refractivity contribution in [2.24, 2.45) is 0 Å². The Morgan fingerprint density at radius 3 is 2.58 bits per heavy atom. The van der Waals surface area contributed by atoms with Crippen molar-refractivity contribution >= 4 is 11.7 Å². The van der Waals surface area contributed by atoms with Crippen LogP contribution in [0.25, 0.3) is 0 Å². The van der Waals surface area contributed by atoms with Gasteiger partial charge in [0.15, 0.2) is 5.69 Å². The number of carboxylic acids is 1. The van der Waals surface area contributed by atoms with Crippen molar-refractivity contribution in [2.75, 3.05) is 32.6 Å². The number of pyridine rings is 1. The Balaban J connectivity index is 2.20. The zero-order valence-electron chi connectivity index (χ0n) is 11.8. The van der Waals surface area contributed by atoms with Gasteiger partial charge in [-0.1, -0.05) is 0 Å². The van der Waals surface area contributed by atoms with Crippen molar-refractivity contribution in [1.29, 1.82) is 0 Å². The van der Waals surface area contributed by atoms with Gasteiger partial charge < -0.3 is 14.9 Å². The average Bonchev–Trinajstić information content (AvgIpc) is 2.33. The van der Waals surface area contributed by atoms with E-state index in [1.54, 1.807) is 6.07 Å². The van der Waals surface area contributed by atoms with Gasteiger partial charge >= 0.3 is 5.97 Å². The lowest BCUT2D eigenvalue weighted by Gasteiger charge is -2.49. The van der Waals surface area contributed by atoms with Crippen molar-refractivity contribution < 1.29 is 9.90 Å². The molecule has 1 saturated carbocycles. The number of carboxylic acid groups (broad SMARTS) is 1. The molecule has 5 heteroatoms. The maximum Gasteiger partial charge on any atom is 0.356 e. The minimum atomic E-state index is -0.977. The van der Waals surface area contributed by atoms with E-state index in [4.69, 9.17) is 0 Å². The highest BCUT2D eigenvalue weighted by molar-refractivity contribution is 5.92. The number of nitrogens with zero attached hydrogens (tertiary/aromatic N) is 3. The van der Waals surface area contributed by atoms with E-state index in [9.17, 15) is 9.90 Å². The molecule has 1 aromatic rings. The van der Waals surface area contributed by atoms with E-state index in [2.05, 4.69) is 24.0 Å². The first-order valence-electron chi connectivity index (χ1n) is 6.53. The highest BCUT2D eigenvalue weighted by Crippen LogP contribution is 2.37. The van der Waals surface area contributed by atoms with Crippen LogP contribution in [0.2, 0.25) is 0 Å². The van der Waals surface area contributed by atoms with Crippen molar-refractivity contribution in [2.45, 2.75) is 24.8 Å². The highest BCUT2D eigenvalue weighted by atomic mass is 16.4. The van der Waals surface area contributed by atoms with Gasteiger partial charge in [-0.25, -0.2) is 9.78 Å². The summed E-state index contributed by atoms with van der Waals surface area (Å²) < 4.78 is 0. The van der Waals surface area contributed by atoms with Crippen molar-refractivity contribution in [3.05, 3.63) is 24.0 Å². The molecule has 0 bridgehead atoms. The number of hydrogen-bond donors (Lipinski definition) is 1. The summed E-state index contributed by atoms with van der Waals surface area (Å²) in [5.41, 5.74) is 0.974. The largest absolute Gasteiger partial charge is 0.476 e. The van der Waals surface area contributed by atoms with Crippen LogP contribution >= 0.6 is 0 Å². The number of likely N-dealkylation sites (N-methyl/N-ethyl adjacent to an activating group) is 2. The molecule has 1 heterocycles. The van der Waals surface area contributed by atoms with E-state index in [1.165, 1.54) is 12.6 Å². The summed E-state index contributed by atoms with van der Waals surface area (Å²) in [6, 6.07) is 3.60. The minimum absolute atomic E-state index is 0.123. The first kappa shape index (κ1) is 13.8. The summed E-state index contributed by atoms with van der Waals surface area (Å²) in [5.74, 6) is -0.977. The summed E-state index contributed by atoms with van der Waals surface area (Å²) in [7, 11) is 6.12. The molecule has 0 spiro atoms. The van der Waals surface area contributed by atoms with Gasteiger partial charge in [0.2, 0.25) is 0 Å². The maximum absolute atomic E-state index is 11.2. The molecule has 1 aliphatic rings. The van der Waals surface area contributed by atoms with Crippen LogP contribution < -0.4 is 4.90 Å². The molecule has 1 aliphatic carbocycles. The van der Waals surface area contributed by atoms with Crippen LogP contribution in [0.1, 0.15) is 29.8 Å². The summed E-state index contributed by atoms with van der Waals surface area (Å²) in [5, 5.41) is 9.19. The van der Waals surface area contributed by atoms with Crippen LogP contribution in [0, 0.1) is 0 Å². The van der Waals surface area contributed by atoms with E-state index in [1.807, 2.05) is 18.0 Å². The van der Waals surface area contributed by atoms with E-state index in [-0.39, 0.29) is 11.2 Å². The minimum Gasteiger partial charge on any atom is -0.476 e. The first-order chi connectivity index (χ1) is 8.96. The smallest absolute Gasteiger partial charge is 0.356 e. The molecule has 0 unspecified atom stereocenters. The van der Waals surface area contributed by atoms with Gasteiger partial charge in [0, 0.05) is 25.3 Å². The summed E-state index contributed by atoms with van der Waals surface area (Å²) >= 11 is 0. The maximum atomic E-state index is 11.2. The number of aromatic nitrogens is 1. The van der Waals surface area contributed by atoms with E-state index < -0.39 is 5.97 Å². The Morgan fingerprint density at radius 2 is 2.11 bits per heavy atom. The van der Waals surface area contributed by atoms with Crippen LogP contribution in [-0.2, 0) is 0 Å². The fourth-order valence-electron chi connectivity index (χ4n) is 2.73. The Bertz CT molecular complexity index is 470. The molecule has 1 N–H and O–H groups in total. The molecular formula is C14H21N3O2. The zero-order chi connectivity index (χ0) is 14.0. The number of aromatic carboxylic acids is 1. The Morgan fingerprint density at radius 1 is 1.42 bits per heavy atom. The standard InChI is InChI=1S/C14H21N3O2/c1-16(2)14(7-5-8-14)10-17(3)11-6-4-9-15-12(11)13(18)19/h4,6,9H,5,7-8,10H2,1-3H3,(H,18,19). The predicted molar refractivity (Wildman–Crippen MR) is 74.7 cm³/mol. The lowest BCUT2D eigenvalue weighted by Crippen LogP contribution is -2.56. The lowest BCUT2D eigenvalue weighted by atomic mass is 9.75. The monoisotopic (exact) mass is 263 g/mol. The van der Waals surface area contributed by atoms with Crippen LogP contribution in [-0.4, -0.2) is 54.2 Å². The molecule has 5 nitrogen and oxygen atoms in total. The van der Waals surface area contributed by atoms with Crippen LogP contribution in [0.5, 0.6) is 0 Å². The van der Waals surface area contributed by atoms with E-state index in [0.717, 1.165) is 19.4 Å². The van der Waals surface area contributed by atoms with Gasteiger partial charge in [0.25, 0.3) is 0 Å². The summed E-state index contributed by atoms with van der Waals surface area (Å²) in [6.45, 7) is 0.825. The summed E-state index contributed by atoms with van der Waals surface area (Å²) in [4.78, 5) is 19.4. The molecule has 0 saturated heterocycles. The number of rotatable bonds is 5. The normalized spacial score (nSPS) is 17.1. The molecule has 0 aliphatic heterocycles. The van der Waals surface area contributed by atoms with Crippen LogP contribution in [0.15, 0.2) is 18.3 Å². The van der Waals surface area contributed by atoms with E-state index >= 15 is 0 Å². The molecule has 1 fully saturated rings. The molecular weight excluding hydrogens is 242 g/mol. The van der Waals surface area contributed by atoms with Gasteiger partial charge in [0.05, 0.1) is 5.69 Å². The number of anilines is 1. The van der Waals surface area contributed by atoms with Crippen LogP contribution in [0.3, 0.4) is 0 Å². The second kappa shape index (κ2) is 5.17. The molecule has 0 radical (unpaired) electrons. The Kier molecular flexibility index (Phi) is 3.75. The molecule has 0 amide bonds. The quantitative estimate of drug-likeness (QED) is 0.876. The van der Waals surface area contributed by atoms with Gasteiger partial charge in [-0.05, 0) is 45.5 Å².